The van der Waals surface area contributed by atoms with Crippen LogP contribution in [0, 0.1) is 0 Å². The van der Waals surface area contributed by atoms with Crippen molar-refractivity contribution < 1.29 is 23.8 Å². The van der Waals surface area contributed by atoms with Gasteiger partial charge in [-0.2, -0.15) is 5.10 Å². The van der Waals surface area contributed by atoms with E-state index in [1.807, 2.05) is 36.4 Å². The van der Waals surface area contributed by atoms with Gasteiger partial charge in [0.25, 0.3) is 5.91 Å². The van der Waals surface area contributed by atoms with E-state index in [4.69, 9.17) is 14.2 Å². The summed E-state index contributed by atoms with van der Waals surface area (Å²) in [5.74, 6) is 0.882. The Balaban J connectivity index is 1.43. The second-order valence-electron chi connectivity index (χ2n) is 8.13. The second kappa shape index (κ2) is 11.8. The number of nitrogens with one attached hydrogen (secondary N) is 2. The summed E-state index contributed by atoms with van der Waals surface area (Å²) in [6.07, 6.45) is 4.30. The fourth-order valence-electron chi connectivity index (χ4n) is 3.80. The van der Waals surface area contributed by atoms with Crippen LogP contribution in [-0.2, 0) is 11.2 Å². The number of carbonyl (C=O) groups excluding carboxylic acids is 2. The first kappa shape index (κ1) is 25.3. The van der Waals surface area contributed by atoms with E-state index in [2.05, 4.69) is 15.7 Å². The van der Waals surface area contributed by atoms with E-state index in [-0.39, 0.29) is 11.8 Å². The molecule has 0 unspecified atom stereocenters. The molecule has 4 aromatic rings. The summed E-state index contributed by atoms with van der Waals surface area (Å²) in [5, 5.41) is 10.1. The number of methoxy groups -OCH3 is 3. The fourth-order valence-corrected chi connectivity index (χ4v) is 3.80. The van der Waals surface area contributed by atoms with Crippen LogP contribution in [-0.4, -0.2) is 42.9 Å². The van der Waals surface area contributed by atoms with E-state index in [0.717, 1.165) is 5.56 Å². The molecule has 0 radical (unpaired) electrons. The van der Waals surface area contributed by atoms with Crippen molar-refractivity contribution in [3.8, 4) is 22.9 Å². The molecule has 9 heteroatoms. The molecule has 4 rings (SSSR count). The maximum atomic E-state index is 13.0. The zero-order chi connectivity index (χ0) is 26.2. The molecule has 0 fully saturated rings. The Morgan fingerprint density at radius 1 is 0.838 bits per heavy atom. The monoisotopic (exact) mass is 500 g/mol. The lowest BCUT2D eigenvalue weighted by Crippen LogP contribution is -2.13. The van der Waals surface area contributed by atoms with Gasteiger partial charge in [0.05, 0.1) is 45.1 Å². The molecule has 0 saturated carbocycles. The maximum Gasteiger partial charge on any atom is 0.255 e. The van der Waals surface area contributed by atoms with Crippen LogP contribution in [0.2, 0.25) is 0 Å². The molecule has 0 bridgehead atoms. The molecular weight excluding hydrogens is 472 g/mol. The van der Waals surface area contributed by atoms with Crippen molar-refractivity contribution in [1.29, 1.82) is 0 Å². The van der Waals surface area contributed by atoms with Gasteiger partial charge >= 0.3 is 0 Å². The molecule has 9 nitrogen and oxygen atoms in total. The predicted octanol–water partition coefficient (Wildman–Crippen LogP) is 4.72. The minimum Gasteiger partial charge on any atom is -0.493 e. The zero-order valence-electron chi connectivity index (χ0n) is 20.9. The zero-order valence-corrected chi connectivity index (χ0v) is 20.9. The first-order chi connectivity index (χ1) is 18.0. The average Bonchev–Trinajstić information content (AvgIpc) is 3.40. The van der Waals surface area contributed by atoms with Crippen molar-refractivity contribution in [2.75, 3.05) is 32.0 Å². The Morgan fingerprint density at radius 3 is 2.24 bits per heavy atom. The SMILES string of the molecule is COc1cc(NC(=O)c2cccc(-n3cc(NC(=O)CCc4ccccc4)cn3)c2)cc(OC)c1OC. The lowest BCUT2D eigenvalue weighted by molar-refractivity contribution is -0.116. The molecular formula is C28H28N4O5. The van der Waals surface area contributed by atoms with Crippen molar-refractivity contribution in [2.45, 2.75) is 12.8 Å². The Labute approximate surface area is 215 Å². The molecule has 0 spiro atoms. The standard InChI is InChI=1S/C28H28N4O5/c1-35-24-15-21(16-25(36-2)27(24)37-3)31-28(34)20-10-7-11-23(14-20)32-18-22(17-29-32)30-26(33)13-12-19-8-5-4-6-9-19/h4-11,14-18H,12-13H2,1-3H3,(H,30,33)(H,31,34). The molecule has 37 heavy (non-hydrogen) atoms. The third kappa shape index (κ3) is 6.26. The Hall–Kier alpha value is -4.79. The number of nitrogens with zero attached hydrogens (tertiary/aromatic N) is 2. The molecule has 0 aliphatic carbocycles. The molecule has 0 aliphatic heterocycles. The summed E-state index contributed by atoms with van der Waals surface area (Å²) in [4.78, 5) is 25.3. The predicted molar refractivity (Wildman–Crippen MR) is 141 cm³/mol. The summed E-state index contributed by atoms with van der Waals surface area (Å²) < 4.78 is 17.6. The highest BCUT2D eigenvalue weighted by molar-refractivity contribution is 6.05. The number of hydrogen-bond acceptors (Lipinski definition) is 6. The van der Waals surface area contributed by atoms with E-state index >= 15 is 0 Å². The molecule has 190 valence electrons. The van der Waals surface area contributed by atoms with Crippen molar-refractivity contribution in [3.63, 3.8) is 0 Å². The van der Waals surface area contributed by atoms with Gasteiger partial charge in [-0.1, -0.05) is 36.4 Å². The third-order valence-corrected chi connectivity index (χ3v) is 5.65. The summed E-state index contributed by atoms with van der Waals surface area (Å²) >= 11 is 0. The highest BCUT2D eigenvalue weighted by Gasteiger charge is 2.16. The number of ether oxygens (including phenoxy) is 3. The smallest absolute Gasteiger partial charge is 0.255 e. The number of aryl methyl sites for hydroxylation is 1. The van der Waals surface area contributed by atoms with E-state index < -0.39 is 0 Å². The van der Waals surface area contributed by atoms with Crippen LogP contribution in [0.5, 0.6) is 17.2 Å². The second-order valence-corrected chi connectivity index (χ2v) is 8.13. The van der Waals surface area contributed by atoms with E-state index in [1.165, 1.54) is 21.3 Å². The van der Waals surface area contributed by atoms with Crippen LogP contribution in [0.1, 0.15) is 22.3 Å². The maximum absolute atomic E-state index is 13.0. The van der Waals surface area contributed by atoms with Crippen LogP contribution in [0.3, 0.4) is 0 Å². The number of carbonyl (C=O) groups is 2. The van der Waals surface area contributed by atoms with E-state index in [1.54, 1.807) is 47.4 Å². The lowest BCUT2D eigenvalue weighted by Gasteiger charge is -2.14. The first-order valence-corrected chi connectivity index (χ1v) is 11.6. The van der Waals surface area contributed by atoms with Crippen molar-refractivity contribution in [3.05, 3.63) is 90.3 Å². The van der Waals surface area contributed by atoms with Crippen LogP contribution in [0.25, 0.3) is 5.69 Å². The van der Waals surface area contributed by atoms with Gasteiger partial charge in [0.1, 0.15) is 0 Å². The Morgan fingerprint density at radius 2 is 1.57 bits per heavy atom. The van der Waals surface area contributed by atoms with Gasteiger partial charge < -0.3 is 24.8 Å². The summed E-state index contributed by atoms with van der Waals surface area (Å²) in [5.41, 5.74) is 3.27. The highest BCUT2D eigenvalue weighted by atomic mass is 16.5. The Bertz CT molecular complexity index is 1360. The van der Waals surface area contributed by atoms with Gasteiger partial charge in [-0.15, -0.1) is 0 Å². The van der Waals surface area contributed by atoms with E-state index in [9.17, 15) is 9.59 Å². The van der Waals surface area contributed by atoms with Gasteiger partial charge in [0, 0.05) is 29.8 Å². The minimum atomic E-state index is -0.322. The number of anilines is 2. The van der Waals surface area contributed by atoms with Crippen LogP contribution < -0.4 is 24.8 Å². The fraction of sp³-hybridized carbons (Fsp3) is 0.179. The van der Waals surface area contributed by atoms with Gasteiger partial charge in [-0.05, 0) is 30.2 Å². The van der Waals surface area contributed by atoms with Crippen molar-refractivity contribution >= 4 is 23.2 Å². The number of benzene rings is 3. The normalized spacial score (nSPS) is 10.5. The Kier molecular flexibility index (Phi) is 8.05. The van der Waals surface area contributed by atoms with E-state index in [0.29, 0.717) is 52.7 Å². The topological polar surface area (TPSA) is 104 Å². The first-order valence-electron chi connectivity index (χ1n) is 11.6. The number of amides is 2. The molecule has 1 heterocycles. The summed E-state index contributed by atoms with van der Waals surface area (Å²) in [6.45, 7) is 0. The molecule has 0 atom stereocenters. The number of rotatable bonds is 10. The van der Waals surface area contributed by atoms with Gasteiger partial charge in [0.2, 0.25) is 11.7 Å². The molecule has 2 N–H and O–H groups in total. The molecule has 2 amide bonds. The van der Waals surface area contributed by atoms with Crippen LogP contribution >= 0.6 is 0 Å². The summed E-state index contributed by atoms with van der Waals surface area (Å²) in [7, 11) is 4.54. The molecule has 0 saturated heterocycles. The average molecular weight is 501 g/mol. The highest BCUT2D eigenvalue weighted by Crippen LogP contribution is 2.40. The van der Waals surface area contributed by atoms with Gasteiger partial charge in [-0.25, -0.2) is 4.68 Å². The molecule has 1 aromatic heterocycles. The summed E-state index contributed by atoms with van der Waals surface area (Å²) in [6, 6.07) is 20.2. The molecule has 0 aliphatic rings. The number of hydrogen-bond donors (Lipinski definition) is 2. The number of aromatic nitrogens is 2. The minimum absolute atomic E-state index is 0.0955. The largest absolute Gasteiger partial charge is 0.493 e. The third-order valence-electron chi connectivity index (χ3n) is 5.65. The van der Waals surface area contributed by atoms with Crippen molar-refractivity contribution in [1.82, 2.24) is 9.78 Å². The lowest BCUT2D eigenvalue weighted by atomic mass is 10.1. The quantitative estimate of drug-likeness (QED) is 0.327. The molecule has 3 aromatic carbocycles. The van der Waals surface area contributed by atoms with Crippen LogP contribution in [0.4, 0.5) is 11.4 Å². The van der Waals surface area contributed by atoms with Gasteiger partial charge in [-0.3, -0.25) is 9.59 Å². The van der Waals surface area contributed by atoms with Gasteiger partial charge in [0.15, 0.2) is 11.5 Å². The van der Waals surface area contributed by atoms with Crippen molar-refractivity contribution in [2.24, 2.45) is 0 Å². The van der Waals surface area contributed by atoms with Crippen LogP contribution in [0.15, 0.2) is 79.1 Å².